The fourth-order valence-electron chi connectivity index (χ4n) is 1.35. The number of carbonyl (C=O) groups is 2. The quantitative estimate of drug-likeness (QED) is 0.581. The van der Waals surface area contributed by atoms with E-state index in [1.54, 1.807) is 43.1 Å². The summed E-state index contributed by atoms with van der Waals surface area (Å²) in [6.07, 6.45) is 3.35. The molecule has 0 heterocycles. The first-order chi connectivity index (χ1) is 8.42. The van der Waals surface area contributed by atoms with Gasteiger partial charge in [-0.3, -0.25) is 14.5 Å². The number of rotatable bonds is 8. The third-order valence-corrected chi connectivity index (χ3v) is 2.36. The second-order valence-electron chi connectivity index (χ2n) is 4.34. The minimum Gasteiger partial charge on any atom is -0.348 e. The van der Waals surface area contributed by atoms with Gasteiger partial charge in [-0.15, -0.1) is 13.2 Å². The van der Waals surface area contributed by atoms with Crippen LogP contribution in [-0.4, -0.2) is 73.8 Å². The van der Waals surface area contributed by atoms with Gasteiger partial charge in [0.2, 0.25) is 11.8 Å². The van der Waals surface area contributed by atoms with Crippen LogP contribution in [0.4, 0.5) is 0 Å². The number of carbonyl (C=O) groups excluding carboxylic acids is 2. The van der Waals surface area contributed by atoms with E-state index < -0.39 is 0 Å². The van der Waals surface area contributed by atoms with Gasteiger partial charge < -0.3 is 9.80 Å². The van der Waals surface area contributed by atoms with Gasteiger partial charge in [-0.2, -0.15) is 0 Å². The molecule has 0 aliphatic carbocycles. The Labute approximate surface area is 109 Å². The number of amides is 2. The zero-order chi connectivity index (χ0) is 14.1. The predicted molar refractivity (Wildman–Crippen MR) is 73.2 cm³/mol. The Morgan fingerprint density at radius 3 is 1.78 bits per heavy atom. The van der Waals surface area contributed by atoms with Crippen LogP contribution in [0.1, 0.15) is 0 Å². The van der Waals surface area contributed by atoms with E-state index in [9.17, 15) is 9.59 Å². The van der Waals surface area contributed by atoms with Crippen molar-refractivity contribution in [1.29, 1.82) is 0 Å². The molecular weight excluding hydrogens is 230 g/mol. The Balaban J connectivity index is 4.30. The van der Waals surface area contributed by atoms with E-state index >= 15 is 0 Å². The van der Waals surface area contributed by atoms with Crippen LogP contribution >= 0.6 is 0 Å². The van der Waals surface area contributed by atoms with E-state index in [1.165, 1.54) is 4.90 Å². The number of likely N-dealkylation sites (N-methyl/N-ethyl adjacent to an activating group) is 2. The largest absolute Gasteiger partial charge is 0.348 e. The fraction of sp³-hybridized carbons (Fsp3) is 0.538. The van der Waals surface area contributed by atoms with Crippen molar-refractivity contribution in [3.63, 3.8) is 0 Å². The molecule has 0 spiro atoms. The highest BCUT2D eigenvalue weighted by atomic mass is 16.2. The van der Waals surface area contributed by atoms with Crippen molar-refractivity contribution in [1.82, 2.24) is 14.7 Å². The molecule has 0 aliphatic rings. The first kappa shape index (κ1) is 16.4. The molecule has 0 saturated heterocycles. The van der Waals surface area contributed by atoms with Crippen LogP contribution < -0.4 is 0 Å². The van der Waals surface area contributed by atoms with Crippen molar-refractivity contribution in [2.45, 2.75) is 0 Å². The van der Waals surface area contributed by atoms with Gasteiger partial charge in [0, 0.05) is 27.2 Å². The highest BCUT2D eigenvalue weighted by Crippen LogP contribution is 1.95. The van der Waals surface area contributed by atoms with E-state index in [0.717, 1.165) is 0 Å². The van der Waals surface area contributed by atoms with Crippen molar-refractivity contribution in [3.8, 4) is 0 Å². The Bertz CT molecular complexity index is 303. The second-order valence-corrected chi connectivity index (χ2v) is 4.34. The highest BCUT2D eigenvalue weighted by Gasteiger charge is 2.15. The lowest BCUT2D eigenvalue weighted by molar-refractivity contribution is -0.133. The number of nitrogens with zero attached hydrogens (tertiary/aromatic N) is 3. The minimum absolute atomic E-state index is 0.0238. The van der Waals surface area contributed by atoms with Crippen LogP contribution in [0.2, 0.25) is 0 Å². The zero-order valence-electron chi connectivity index (χ0n) is 11.6. The summed E-state index contributed by atoms with van der Waals surface area (Å²) >= 11 is 0. The summed E-state index contributed by atoms with van der Waals surface area (Å²) in [5.41, 5.74) is 0. The van der Waals surface area contributed by atoms with Crippen molar-refractivity contribution >= 4 is 11.8 Å². The van der Waals surface area contributed by atoms with Gasteiger partial charge in [0.25, 0.3) is 0 Å². The molecule has 102 valence electrons. The molecule has 18 heavy (non-hydrogen) atoms. The second kappa shape index (κ2) is 8.47. The van der Waals surface area contributed by atoms with Crippen molar-refractivity contribution < 1.29 is 9.59 Å². The molecule has 0 N–H and O–H groups in total. The molecule has 0 saturated carbocycles. The fourth-order valence-corrected chi connectivity index (χ4v) is 1.35. The van der Waals surface area contributed by atoms with Gasteiger partial charge in [0.15, 0.2) is 0 Å². The molecular formula is C13H23N3O2. The Morgan fingerprint density at radius 1 is 0.944 bits per heavy atom. The molecule has 0 radical (unpaired) electrons. The minimum atomic E-state index is -0.0381. The first-order valence-electron chi connectivity index (χ1n) is 5.80. The first-order valence-corrected chi connectivity index (χ1v) is 5.80. The Morgan fingerprint density at radius 2 is 1.39 bits per heavy atom. The van der Waals surface area contributed by atoms with Gasteiger partial charge in [-0.1, -0.05) is 12.2 Å². The average molecular weight is 253 g/mol. The number of hydrogen-bond acceptors (Lipinski definition) is 3. The van der Waals surface area contributed by atoms with Gasteiger partial charge in [0.1, 0.15) is 0 Å². The maximum atomic E-state index is 11.9. The normalized spacial score (nSPS) is 10.0. The molecule has 0 bridgehead atoms. The topological polar surface area (TPSA) is 43.9 Å². The van der Waals surface area contributed by atoms with E-state index in [1.807, 2.05) is 0 Å². The third kappa shape index (κ3) is 6.20. The summed E-state index contributed by atoms with van der Waals surface area (Å²) < 4.78 is 0. The standard InChI is InChI=1S/C13H23N3O2/c1-6-8-16(9-7-2)13(18)11-15(5)10-12(17)14(3)4/h6-7H,1-2,8-11H2,3-5H3. The van der Waals surface area contributed by atoms with Crippen molar-refractivity contribution in [3.05, 3.63) is 25.3 Å². The molecule has 0 aliphatic heterocycles. The number of hydrogen-bond donors (Lipinski definition) is 0. The Kier molecular flexibility index (Phi) is 7.71. The molecule has 5 heteroatoms. The summed E-state index contributed by atoms with van der Waals surface area (Å²) in [6, 6.07) is 0. The SMILES string of the molecule is C=CCN(CC=C)C(=O)CN(C)CC(=O)N(C)C. The van der Waals surface area contributed by atoms with E-state index in [4.69, 9.17) is 0 Å². The molecule has 5 nitrogen and oxygen atoms in total. The summed E-state index contributed by atoms with van der Waals surface area (Å²) in [6.45, 7) is 8.64. The van der Waals surface area contributed by atoms with Crippen molar-refractivity contribution in [2.75, 3.05) is 47.3 Å². The molecule has 2 amide bonds. The monoisotopic (exact) mass is 253 g/mol. The lowest BCUT2D eigenvalue weighted by Gasteiger charge is -2.23. The van der Waals surface area contributed by atoms with Crippen LogP contribution in [0.15, 0.2) is 25.3 Å². The van der Waals surface area contributed by atoms with E-state index in [0.29, 0.717) is 13.1 Å². The van der Waals surface area contributed by atoms with E-state index in [-0.39, 0.29) is 24.9 Å². The highest BCUT2D eigenvalue weighted by molar-refractivity contribution is 5.81. The summed E-state index contributed by atoms with van der Waals surface area (Å²) in [5, 5.41) is 0. The molecule has 0 aromatic heterocycles. The lowest BCUT2D eigenvalue weighted by Crippen LogP contribution is -2.42. The average Bonchev–Trinajstić information content (AvgIpc) is 2.28. The smallest absolute Gasteiger partial charge is 0.237 e. The Hall–Kier alpha value is -1.62. The zero-order valence-corrected chi connectivity index (χ0v) is 11.6. The van der Waals surface area contributed by atoms with Crippen LogP contribution in [-0.2, 0) is 9.59 Å². The molecule has 0 atom stereocenters. The van der Waals surface area contributed by atoms with Crippen LogP contribution in [0, 0.1) is 0 Å². The molecule has 0 aromatic carbocycles. The molecule has 0 fully saturated rings. The van der Waals surface area contributed by atoms with Crippen LogP contribution in [0.5, 0.6) is 0 Å². The van der Waals surface area contributed by atoms with Gasteiger partial charge in [-0.05, 0) is 7.05 Å². The lowest BCUT2D eigenvalue weighted by atomic mass is 10.4. The van der Waals surface area contributed by atoms with Gasteiger partial charge in [-0.25, -0.2) is 0 Å². The molecule has 0 unspecified atom stereocenters. The van der Waals surface area contributed by atoms with Gasteiger partial charge in [0.05, 0.1) is 13.1 Å². The van der Waals surface area contributed by atoms with E-state index in [2.05, 4.69) is 13.2 Å². The summed E-state index contributed by atoms with van der Waals surface area (Å²) in [4.78, 5) is 28.3. The maximum Gasteiger partial charge on any atom is 0.237 e. The third-order valence-electron chi connectivity index (χ3n) is 2.36. The molecule has 0 rings (SSSR count). The summed E-state index contributed by atoms with van der Waals surface area (Å²) in [5.74, 6) is -0.0619. The molecule has 0 aromatic rings. The van der Waals surface area contributed by atoms with Crippen LogP contribution in [0.25, 0.3) is 0 Å². The van der Waals surface area contributed by atoms with Crippen molar-refractivity contribution in [2.24, 2.45) is 0 Å². The maximum absolute atomic E-state index is 11.9. The summed E-state index contributed by atoms with van der Waals surface area (Å²) in [7, 11) is 5.14. The predicted octanol–water partition coefficient (Wildman–Crippen LogP) is 0.207. The van der Waals surface area contributed by atoms with Gasteiger partial charge >= 0.3 is 0 Å². The van der Waals surface area contributed by atoms with Crippen LogP contribution in [0.3, 0.4) is 0 Å².